The van der Waals surface area contributed by atoms with Crippen LogP contribution in [0.25, 0.3) is 10.8 Å². The fraction of sp³-hybridized carbons (Fsp3) is 0.400. The van der Waals surface area contributed by atoms with Crippen LogP contribution in [-0.4, -0.2) is 36.8 Å². The third-order valence-electron chi connectivity index (χ3n) is 5.03. The highest BCUT2D eigenvalue weighted by Gasteiger charge is 2.24. The molecule has 3 N–H and O–H groups in total. The van der Waals surface area contributed by atoms with Crippen molar-refractivity contribution in [3.8, 4) is 0 Å². The summed E-state index contributed by atoms with van der Waals surface area (Å²) < 4.78 is 1.70. The van der Waals surface area contributed by atoms with Crippen LogP contribution in [0.4, 0.5) is 17.5 Å². The Bertz CT molecular complexity index is 1030. The molecule has 0 unspecified atom stereocenters. The number of nitrogens with zero attached hydrogens (tertiary/aromatic N) is 4. The van der Waals surface area contributed by atoms with E-state index >= 15 is 0 Å². The van der Waals surface area contributed by atoms with E-state index < -0.39 is 0 Å². The Balaban J connectivity index is 1.80. The monoisotopic (exact) mass is 380 g/mol. The van der Waals surface area contributed by atoms with Crippen molar-refractivity contribution in [2.75, 3.05) is 10.6 Å². The molecule has 3 aromatic heterocycles. The predicted octanol–water partition coefficient (Wildman–Crippen LogP) is 2.84. The summed E-state index contributed by atoms with van der Waals surface area (Å²) >= 11 is 0. The summed E-state index contributed by atoms with van der Waals surface area (Å²) in [5.41, 5.74) is -0.0768. The fourth-order valence-electron chi connectivity index (χ4n) is 3.63. The van der Waals surface area contributed by atoms with Gasteiger partial charge in [-0.05, 0) is 50.6 Å². The first-order chi connectivity index (χ1) is 13.5. The summed E-state index contributed by atoms with van der Waals surface area (Å²) in [7, 11) is 0. The zero-order valence-corrected chi connectivity index (χ0v) is 16.0. The van der Waals surface area contributed by atoms with E-state index in [2.05, 4.69) is 25.6 Å². The SMILES string of the molecule is CC(C)n1ccc2cc(Nc3cnccn3)nc(N[C@H]3CC[C@@H](O)C3)c2c1=O. The van der Waals surface area contributed by atoms with Crippen molar-refractivity contribution >= 4 is 28.2 Å². The molecule has 1 aliphatic rings. The molecule has 0 spiro atoms. The number of aliphatic hydroxyl groups is 1. The molecule has 0 aliphatic heterocycles. The highest BCUT2D eigenvalue weighted by molar-refractivity contribution is 5.93. The van der Waals surface area contributed by atoms with Gasteiger partial charge in [0.2, 0.25) is 0 Å². The predicted molar refractivity (Wildman–Crippen MR) is 109 cm³/mol. The Morgan fingerprint density at radius 3 is 2.79 bits per heavy atom. The van der Waals surface area contributed by atoms with Crippen molar-refractivity contribution in [2.24, 2.45) is 0 Å². The number of aromatic nitrogens is 4. The second-order valence-corrected chi connectivity index (χ2v) is 7.47. The average Bonchev–Trinajstić information content (AvgIpc) is 3.07. The molecule has 1 aliphatic carbocycles. The maximum absolute atomic E-state index is 13.1. The zero-order valence-electron chi connectivity index (χ0n) is 16.0. The third-order valence-corrected chi connectivity index (χ3v) is 5.03. The molecule has 8 nitrogen and oxygen atoms in total. The van der Waals surface area contributed by atoms with Crippen LogP contribution in [0.2, 0.25) is 0 Å². The minimum Gasteiger partial charge on any atom is -0.393 e. The maximum Gasteiger partial charge on any atom is 0.262 e. The second-order valence-electron chi connectivity index (χ2n) is 7.47. The summed E-state index contributed by atoms with van der Waals surface area (Å²) in [6, 6.07) is 3.90. The first kappa shape index (κ1) is 18.4. The molecule has 1 saturated carbocycles. The number of hydrogen-bond acceptors (Lipinski definition) is 7. The number of fused-ring (bicyclic) bond motifs is 1. The van der Waals surface area contributed by atoms with Crippen LogP contribution in [0, 0.1) is 0 Å². The molecule has 0 bridgehead atoms. The van der Waals surface area contributed by atoms with E-state index in [9.17, 15) is 9.90 Å². The van der Waals surface area contributed by atoms with Gasteiger partial charge in [-0.25, -0.2) is 9.97 Å². The van der Waals surface area contributed by atoms with Crippen LogP contribution in [-0.2, 0) is 0 Å². The summed E-state index contributed by atoms with van der Waals surface area (Å²) in [5.74, 6) is 1.69. The summed E-state index contributed by atoms with van der Waals surface area (Å²) in [6.45, 7) is 3.95. The van der Waals surface area contributed by atoms with Crippen LogP contribution in [0.5, 0.6) is 0 Å². The smallest absolute Gasteiger partial charge is 0.262 e. The van der Waals surface area contributed by atoms with E-state index in [0.717, 1.165) is 18.2 Å². The highest BCUT2D eigenvalue weighted by Crippen LogP contribution is 2.28. The van der Waals surface area contributed by atoms with Crippen molar-refractivity contribution in [3.63, 3.8) is 0 Å². The maximum atomic E-state index is 13.1. The minimum atomic E-state index is -0.308. The van der Waals surface area contributed by atoms with E-state index in [4.69, 9.17) is 0 Å². The van der Waals surface area contributed by atoms with Crippen LogP contribution in [0.1, 0.15) is 39.2 Å². The normalized spacial score (nSPS) is 19.3. The molecule has 0 aromatic carbocycles. The Labute approximate surface area is 162 Å². The highest BCUT2D eigenvalue weighted by atomic mass is 16.3. The molecule has 0 amide bonds. The van der Waals surface area contributed by atoms with Crippen molar-refractivity contribution in [1.29, 1.82) is 0 Å². The molecule has 0 saturated heterocycles. The Hall–Kier alpha value is -3.00. The minimum absolute atomic E-state index is 0.0513. The van der Waals surface area contributed by atoms with Gasteiger partial charge in [0.05, 0.1) is 17.7 Å². The Morgan fingerprint density at radius 2 is 2.11 bits per heavy atom. The lowest BCUT2D eigenvalue weighted by molar-refractivity contribution is 0.182. The van der Waals surface area contributed by atoms with E-state index in [1.165, 1.54) is 0 Å². The zero-order chi connectivity index (χ0) is 19.7. The number of pyridine rings is 2. The molecular formula is C20H24N6O2. The molecule has 2 atom stereocenters. The third kappa shape index (κ3) is 3.68. The van der Waals surface area contributed by atoms with Gasteiger partial charge >= 0.3 is 0 Å². The number of aliphatic hydroxyl groups excluding tert-OH is 1. The lowest BCUT2D eigenvalue weighted by atomic mass is 10.1. The number of hydrogen-bond donors (Lipinski definition) is 3. The number of nitrogens with one attached hydrogen (secondary N) is 2. The summed E-state index contributed by atoms with van der Waals surface area (Å²) in [5, 5.41) is 17.7. The molecule has 4 rings (SSSR count). The Morgan fingerprint density at radius 1 is 1.25 bits per heavy atom. The lowest BCUT2D eigenvalue weighted by Crippen LogP contribution is -2.24. The molecule has 28 heavy (non-hydrogen) atoms. The van der Waals surface area contributed by atoms with Gasteiger partial charge in [0.15, 0.2) is 0 Å². The molecule has 3 heterocycles. The van der Waals surface area contributed by atoms with Crippen molar-refractivity contribution in [3.05, 3.63) is 47.3 Å². The Kier molecular flexibility index (Phi) is 4.95. The van der Waals surface area contributed by atoms with Crippen molar-refractivity contribution < 1.29 is 5.11 Å². The van der Waals surface area contributed by atoms with E-state index in [0.29, 0.717) is 29.3 Å². The van der Waals surface area contributed by atoms with E-state index in [1.54, 1.807) is 23.2 Å². The van der Waals surface area contributed by atoms with Crippen LogP contribution in [0.3, 0.4) is 0 Å². The molecular weight excluding hydrogens is 356 g/mol. The standard InChI is InChI=1S/C20H24N6O2/c1-12(2)26-8-5-13-9-16(24-17-11-21-6-7-22-17)25-19(18(13)20(26)28)23-14-3-4-15(27)10-14/h5-9,11-12,14-15,27H,3-4,10H2,1-2H3,(H2,22,23,24,25)/t14-,15+/m0/s1. The van der Waals surface area contributed by atoms with Gasteiger partial charge in [-0.2, -0.15) is 0 Å². The quantitative estimate of drug-likeness (QED) is 0.625. The van der Waals surface area contributed by atoms with Gasteiger partial charge in [-0.15, -0.1) is 0 Å². The molecule has 3 aromatic rings. The average molecular weight is 380 g/mol. The summed E-state index contributed by atoms with van der Waals surface area (Å²) in [4.78, 5) is 26.0. The van der Waals surface area contributed by atoms with Gasteiger partial charge < -0.3 is 20.3 Å². The topological polar surface area (TPSA) is 105 Å². The van der Waals surface area contributed by atoms with Gasteiger partial charge in [0, 0.05) is 30.7 Å². The first-order valence-electron chi connectivity index (χ1n) is 9.55. The number of rotatable bonds is 5. The number of anilines is 3. The van der Waals surface area contributed by atoms with Crippen LogP contribution in [0.15, 0.2) is 41.7 Å². The largest absolute Gasteiger partial charge is 0.393 e. The second kappa shape index (κ2) is 7.55. The molecule has 146 valence electrons. The molecule has 1 fully saturated rings. The van der Waals surface area contributed by atoms with Crippen LogP contribution < -0.4 is 16.2 Å². The summed E-state index contributed by atoms with van der Waals surface area (Å²) in [6.07, 6.45) is 8.57. The van der Waals surface area contributed by atoms with Gasteiger partial charge in [-0.1, -0.05) is 0 Å². The van der Waals surface area contributed by atoms with Gasteiger partial charge in [0.25, 0.3) is 5.56 Å². The molecule has 0 radical (unpaired) electrons. The first-order valence-corrected chi connectivity index (χ1v) is 9.55. The van der Waals surface area contributed by atoms with Crippen molar-refractivity contribution in [2.45, 2.75) is 51.3 Å². The lowest BCUT2D eigenvalue weighted by Gasteiger charge is -2.18. The van der Waals surface area contributed by atoms with Crippen LogP contribution >= 0.6 is 0 Å². The molecule has 8 heteroatoms. The fourth-order valence-corrected chi connectivity index (χ4v) is 3.63. The van der Waals surface area contributed by atoms with E-state index in [1.807, 2.05) is 32.2 Å². The van der Waals surface area contributed by atoms with Crippen molar-refractivity contribution in [1.82, 2.24) is 19.5 Å². The van der Waals surface area contributed by atoms with Gasteiger partial charge in [-0.3, -0.25) is 9.78 Å². The van der Waals surface area contributed by atoms with Gasteiger partial charge in [0.1, 0.15) is 17.5 Å². The van der Waals surface area contributed by atoms with E-state index in [-0.39, 0.29) is 23.7 Å².